The third-order valence-corrected chi connectivity index (χ3v) is 0.250. The van der Waals surface area contributed by atoms with Gasteiger partial charge in [0.2, 0.25) is 0 Å². The normalized spacial score (nSPS) is 7.40. The molecule has 5 heavy (non-hydrogen) atoms. The highest BCUT2D eigenvalue weighted by atomic mass is 16.5. The van der Waals surface area contributed by atoms with E-state index in [4.69, 9.17) is 5.41 Å². The second kappa shape index (κ2) is 3.63. The summed E-state index contributed by atoms with van der Waals surface area (Å²) >= 11 is 0. The van der Waals surface area contributed by atoms with E-state index in [1.165, 1.54) is 6.21 Å². The minimum absolute atomic E-state index is 0.431. The van der Waals surface area contributed by atoms with Gasteiger partial charge in [0.25, 0.3) is 0 Å². The van der Waals surface area contributed by atoms with Gasteiger partial charge in [0.15, 0.2) is 0 Å². The van der Waals surface area contributed by atoms with E-state index in [-0.39, 0.29) is 0 Å². The average molecular weight is 73.1 g/mol. The van der Waals surface area contributed by atoms with Crippen LogP contribution < -0.4 is 0 Å². The Labute approximate surface area is 31.3 Å². The fourth-order valence-corrected chi connectivity index (χ4v) is 0.0833. The molecule has 0 amide bonds. The lowest BCUT2D eigenvalue weighted by Gasteiger charge is -1.78. The molecule has 0 radical (unpaired) electrons. The summed E-state index contributed by atoms with van der Waals surface area (Å²) < 4.78 is 4.45. The summed E-state index contributed by atoms with van der Waals surface area (Å²) in [7, 11) is 1.56. The van der Waals surface area contributed by atoms with E-state index < -0.39 is 0 Å². The van der Waals surface area contributed by atoms with Crippen molar-refractivity contribution >= 4 is 6.21 Å². The Morgan fingerprint density at radius 2 is 2.60 bits per heavy atom. The molecule has 0 aliphatic rings. The predicted octanol–water partition coefficient (Wildman–Crippen LogP) is 0.282. The lowest BCUT2D eigenvalue weighted by molar-refractivity contribution is 0.248. The number of ether oxygens (including phenoxy) is 1. The van der Waals surface area contributed by atoms with Crippen LogP contribution in [0.15, 0.2) is 0 Å². The molecule has 0 heterocycles. The maximum atomic E-state index is 6.35. The van der Waals surface area contributed by atoms with Crippen molar-refractivity contribution in [2.75, 3.05) is 13.7 Å². The van der Waals surface area contributed by atoms with Gasteiger partial charge in [-0.1, -0.05) is 0 Å². The van der Waals surface area contributed by atoms with Crippen molar-refractivity contribution in [1.82, 2.24) is 0 Å². The molecule has 0 aliphatic carbocycles. The highest BCUT2D eigenvalue weighted by Gasteiger charge is 1.60. The van der Waals surface area contributed by atoms with Crippen LogP contribution in [0.4, 0.5) is 0 Å². The van der Waals surface area contributed by atoms with Crippen LogP contribution in [0.2, 0.25) is 0 Å². The Hall–Kier alpha value is -0.370. The summed E-state index contributed by atoms with van der Waals surface area (Å²) in [6.45, 7) is 0.431. The topological polar surface area (TPSA) is 33.1 Å². The molecule has 0 fully saturated rings. The van der Waals surface area contributed by atoms with Crippen LogP contribution in [0.3, 0.4) is 0 Å². The minimum Gasteiger partial charge on any atom is -0.379 e. The van der Waals surface area contributed by atoms with Gasteiger partial charge >= 0.3 is 0 Å². The molecular weight excluding hydrogens is 66.0 g/mol. The van der Waals surface area contributed by atoms with Gasteiger partial charge in [0.1, 0.15) is 0 Å². The first-order valence-corrected chi connectivity index (χ1v) is 1.39. The van der Waals surface area contributed by atoms with E-state index in [0.717, 1.165) is 0 Å². The van der Waals surface area contributed by atoms with Crippen molar-refractivity contribution in [1.29, 1.82) is 5.41 Å². The van der Waals surface area contributed by atoms with Crippen molar-refractivity contribution in [2.24, 2.45) is 0 Å². The Bertz CT molecular complexity index is 28.1. The van der Waals surface area contributed by atoms with Crippen LogP contribution in [0.25, 0.3) is 0 Å². The molecule has 0 rings (SSSR count). The molecule has 2 nitrogen and oxygen atoms in total. The fourth-order valence-electron chi connectivity index (χ4n) is 0.0833. The van der Waals surface area contributed by atoms with E-state index in [0.29, 0.717) is 6.61 Å². The quantitative estimate of drug-likeness (QED) is 0.468. The second-order valence-electron chi connectivity index (χ2n) is 0.659. The minimum atomic E-state index is 0.431. The van der Waals surface area contributed by atoms with Crippen molar-refractivity contribution in [3.63, 3.8) is 0 Å². The van der Waals surface area contributed by atoms with Gasteiger partial charge in [-0.05, 0) is 0 Å². The molecule has 0 spiro atoms. The molecule has 0 aromatic heterocycles. The first kappa shape index (κ1) is 4.63. The largest absolute Gasteiger partial charge is 0.379 e. The number of methoxy groups -OCH3 is 1. The molecule has 0 bridgehead atoms. The summed E-state index contributed by atoms with van der Waals surface area (Å²) in [4.78, 5) is 0. The van der Waals surface area contributed by atoms with Crippen LogP contribution in [0.5, 0.6) is 0 Å². The first-order chi connectivity index (χ1) is 2.41. The van der Waals surface area contributed by atoms with E-state index in [9.17, 15) is 0 Å². The van der Waals surface area contributed by atoms with Crippen LogP contribution in [0, 0.1) is 5.41 Å². The summed E-state index contributed by atoms with van der Waals surface area (Å²) in [5.41, 5.74) is 0. The summed E-state index contributed by atoms with van der Waals surface area (Å²) in [6.07, 6.45) is 1.21. The molecule has 0 saturated heterocycles. The summed E-state index contributed by atoms with van der Waals surface area (Å²) in [5.74, 6) is 0. The van der Waals surface area contributed by atoms with E-state index in [1.54, 1.807) is 7.11 Å². The monoisotopic (exact) mass is 73.1 g/mol. The van der Waals surface area contributed by atoms with Gasteiger partial charge in [0.05, 0.1) is 6.61 Å². The lowest BCUT2D eigenvalue weighted by Crippen LogP contribution is -1.84. The SMILES string of the molecule is COCC=N. The maximum Gasteiger partial charge on any atom is 0.0807 e. The smallest absolute Gasteiger partial charge is 0.0807 e. The molecule has 0 saturated carbocycles. The maximum absolute atomic E-state index is 6.35. The average Bonchev–Trinajstić information content (AvgIpc) is 1.41. The van der Waals surface area contributed by atoms with Gasteiger partial charge in [-0.15, -0.1) is 0 Å². The van der Waals surface area contributed by atoms with Crippen LogP contribution in [0.1, 0.15) is 0 Å². The van der Waals surface area contributed by atoms with Crippen LogP contribution in [-0.4, -0.2) is 19.9 Å². The summed E-state index contributed by atoms with van der Waals surface area (Å²) in [6, 6.07) is 0. The van der Waals surface area contributed by atoms with Gasteiger partial charge in [-0.3, -0.25) is 0 Å². The molecular formula is C3H7NO. The first-order valence-electron chi connectivity index (χ1n) is 1.39. The second-order valence-corrected chi connectivity index (χ2v) is 0.659. The number of nitrogens with one attached hydrogen (secondary N) is 1. The Morgan fingerprint density at radius 3 is 2.60 bits per heavy atom. The standard InChI is InChI=1S/C3H7NO/c1-5-3-2-4/h2,4H,3H2,1H3. The predicted molar refractivity (Wildman–Crippen MR) is 20.7 cm³/mol. The highest BCUT2D eigenvalue weighted by Crippen LogP contribution is 1.51. The zero-order chi connectivity index (χ0) is 4.12. The van der Waals surface area contributed by atoms with Crippen molar-refractivity contribution < 1.29 is 4.74 Å². The molecule has 1 N–H and O–H groups in total. The molecule has 0 unspecified atom stereocenters. The number of hydrogen-bond donors (Lipinski definition) is 1. The number of hydrogen-bond acceptors (Lipinski definition) is 2. The van der Waals surface area contributed by atoms with E-state index >= 15 is 0 Å². The fraction of sp³-hybridized carbons (Fsp3) is 0.667. The van der Waals surface area contributed by atoms with Crippen LogP contribution >= 0.6 is 0 Å². The Morgan fingerprint density at radius 1 is 2.00 bits per heavy atom. The van der Waals surface area contributed by atoms with Gasteiger partial charge in [0, 0.05) is 13.3 Å². The van der Waals surface area contributed by atoms with Crippen molar-refractivity contribution in [3.05, 3.63) is 0 Å². The van der Waals surface area contributed by atoms with Crippen LogP contribution in [-0.2, 0) is 4.74 Å². The number of rotatable bonds is 2. The highest BCUT2D eigenvalue weighted by molar-refractivity contribution is 5.53. The van der Waals surface area contributed by atoms with E-state index in [1.807, 2.05) is 0 Å². The zero-order valence-electron chi connectivity index (χ0n) is 3.19. The Balaban J connectivity index is 2.40. The van der Waals surface area contributed by atoms with Gasteiger partial charge in [-0.25, -0.2) is 0 Å². The molecule has 30 valence electrons. The molecule has 0 aromatic rings. The van der Waals surface area contributed by atoms with Gasteiger partial charge in [-0.2, -0.15) is 0 Å². The molecule has 0 atom stereocenters. The Kier molecular flexibility index (Phi) is 3.36. The van der Waals surface area contributed by atoms with Gasteiger partial charge < -0.3 is 10.1 Å². The molecule has 0 aromatic carbocycles. The van der Waals surface area contributed by atoms with Crippen molar-refractivity contribution in [2.45, 2.75) is 0 Å². The molecule has 0 aliphatic heterocycles. The third-order valence-electron chi connectivity index (χ3n) is 0.250. The summed E-state index contributed by atoms with van der Waals surface area (Å²) in [5, 5.41) is 6.35. The molecule has 2 heteroatoms. The van der Waals surface area contributed by atoms with Crippen molar-refractivity contribution in [3.8, 4) is 0 Å². The lowest BCUT2D eigenvalue weighted by atomic mass is 10.8. The van der Waals surface area contributed by atoms with E-state index in [2.05, 4.69) is 4.74 Å². The third kappa shape index (κ3) is 3.63. The zero-order valence-corrected chi connectivity index (χ0v) is 3.19.